The van der Waals surface area contributed by atoms with Crippen LogP contribution in [-0.2, 0) is 0 Å². The minimum absolute atomic E-state index is 0.756. The predicted octanol–water partition coefficient (Wildman–Crippen LogP) is 3.31. The van der Waals surface area contributed by atoms with Crippen LogP contribution in [0.2, 0.25) is 0 Å². The zero-order valence-electron chi connectivity index (χ0n) is 7.43. The fraction of sp³-hybridized carbons (Fsp3) is 0.455. The Balaban J connectivity index is 3.60. The molecule has 0 saturated heterocycles. The maximum atomic E-state index is 5.12. The highest BCUT2D eigenvalue weighted by Gasteiger charge is 1.82. The normalized spacial score (nSPS) is 11.9. The third-order valence-electron chi connectivity index (χ3n) is 1.41. The second kappa shape index (κ2) is 7.15. The molecule has 0 bridgehead atoms. The van der Waals surface area contributed by atoms with Gasteiger partial charge in [-0.15, -0.1) is 12.3 Å². The summed E-state index contributed by atoms with van der Waals surface area (Å²) in [6.07, 6.45) is 14.5. The van der Waals surface area contributed by atoms with Gasteiger partial charge in [0, 0.05) is 6.42 Å². The molecule has 0 aliphatic heterocycles. The van der Waals surface area contributed by atoms with E-state index in [4.69, 9.17) is 6.42 Å². The molecule has 0 aliphatic carbocycles. The van der Waals surface area contributed by atoms with Crippen LogP contribution in [0.3, 0.4) is 0 Å². The van der Waals surface area contributed by atoms with Crippen molar-refractivity contribution in [1.82, 2.24) is 0 Å². The van der Waals surface area contributed by atoms with E-state index >= 15 is 0 Å². The standard InChI is InChI=1S/C11H16/c1-4-6-8-10-11(3)9-7-5-2/h2,6,8-9H,4,7,10H2,1,3H3/b8-6-,11-9-. The molecular weight excluding hydrogens is 132 g/mol. The van der Waals surface area contributed by atoms with Crippen LogP contribution in [-0.4, -0.2) is 0 Å². The van der Waals surface area contributed by atoms with E-state index in [1.54, 1.807) is 0 Å². The van der Waals surface area contributed by atoms with Gasteiger partial charge in [-0.2, -0.15) is 0 Å². The van der Waals surface area contributed by atoms with Gasteiger partial charge >= 0.3 is 0 Å². The van der Waals surface area contributed by atoms with Crippen molar-refractivity contribution in [2.75, 3.05) is 0 Å². The van der Waals surface area contributed by atoms with Crippen LogP contribution in [0.4, 0.5) is 0 Å². The smallest absolute Gasteiger partial charge is 0.0269 e. The van der Waals surface area contributed by atoms with Crippen LogP contribution in [0.5, 0.6) is 0 Å². The van der Waals surface area contributed by atoms with Gasteiger partial charge in [0.25, 0.3) is 0 Å². The van der Waals surface area contributed by atoms with Crippen molar-refractivity contribution in [2.45, 2.75) is 33.1 Å². The molecule has 0 radical (unpaired) electrons. The summed E-state index contributed by atoms with van der Waals surface area (Å²) in [5.74, 6) is 2.59. The topological polar surface area (TPSA) is 0 Å². The average Bonchev–Trinajstić information content (AvgIpc) is 2.01. The van der Waals surface area contributed by atoms with E-state index in [2.05, 4.69) is 38.0 Å². The second-order valence-electron chi connectivity index (χ2n) is 2.54. The molecule has 0 aromatic heterocycles. The first-order chi connectivity index (χ1) is 5.31. The van der Waals surface area contributed by atoms with Gasteiger partial charge in [0.1, 0.15) is 0 Å². The first kappa shape index (κ1) is 10.0. The zero-order valence-corrected chi connectivity index (χ0v) is 7.43. The first-order valence-electron chi connectivity index (χ1n) is 4.05. The molecule has 0 amide bonds. The molecule has 0 fully saturated rings. The molecular formula is C11H16. The van der Waals surface area contributed by atoms with Gasteiger partial charge in [0.2, 0.25) is 0 Å². The number of terminal acetylenes is 1. The van der Waals surface area contributed by atoms with Crippen molar-refractivity contribution in [3.8, 4) is 12.3 Å². The van der Waals surface area contributed by atoms with Crippen molar-refractivity contribution in [1.29, 1.82) is 0 Å². The summed E-state index contributed by atoms with van der Waals surface area (Å²) in [4.78, 5) is 0. The molecule has 0 nitrogen and oxygen atoms in total. The molecule has 0 saturated carbocycles. The summed E-state index contributed by atoms with van der Waals surface area (Å²) in [5, 5.41) is 0. The monoisotopic (exact) mass is 148 g/mol. The van der Waals surface area contributed by atoms with Crippen LogP contribution >= 0.6 is 0 Å². The molecule has 0 rings (SSSR count). The maximum Gasteiger partial charge on any atom is 0.0269 e. The van der Waals surface area contributed by atoms with Crippen molar-refractivity contribution >= 4 is 0 Å². The lowest BCUT2D eigenvalue weighted by Gasteiger charge is -1.92. The predicted molar refractivity (Wildman–Crippen MR) is 51.3 cm³/mol. The fourth-order valence-electron chi connectivity index (χ4n) is 0.752. The summed E-state index contributed by atoms with van der Waals surface area (Å²) >= 11 is 0. The Bertz CT molecular complexity index is 177. The lowest BCUT2D eigenvalue weighted by atomic mass is 10.1. The number of hydrogen-bond donors (Lipinski definition) is 0. The van der Waals surface area contributed by atoms with Gasteiger partial charge in [0.05, 0.1) is 0 Å². The average molecular weight is 148 g/mol. The van der Waals surface area contributed by atoms with Gasteiger partial charge in [-0.3, -0.25) is 0 Å². The van der Waals surface area contributed by atoms with Crippen LogP contribution in [0.25, 0.3) is 0 Å². The van der Waals surface area contributed by atoms with Crippen molar-refractivity contribution < 1.29 is 0 Å². The minimum atomic E-state index is 0.756. The van der Waals surface area contributed by atoms with Gasteiger partial charge < -0.3 is 0 Å². The summed E-state index contributed by atoms with van der Waals surface area (Å²) < 4.78 is 0. The SMILES string of the molecule is C#CC/C=C(/C)C/C=C\CC. The quantitative estimate of drug-likeness (QED) is 0.424. The Morgan fingerprint density at radius 3 is 2.73 bits per heavy atom. The zero-order chi connectivity index (χ0) is 8.53. The number of hydrogen-bond acceptors (Lipinski definition) is 0. The molecule has 0 N–H and O–H groups in total. The number of allylic oxidation sites excluding steroid dienone is 4. The highest BCUT2D eigenvalue weighted by molar-refractivity contribution is 5.08. The van der Waals surface area contributed by atoms with Crippen LogP contribution < -0.4 is 0 Å². The molecule has 0 aromatic carbocycles. The van der Waals surface area contributed by atoms with Crippen molar-refractivity contribution in [3.63, 3.8) is 0 Å². The Hall–Kier alpha value is -0.960. The molecule has 0 atom stereocenters. The third-order valence-corrected chi connectivity index (χ3v) is 1.41. The van der Waals surface area contributed by atoms with E-state index < -0.39 is 0 Å². The summed E-state index contributed by atoms with van der Waals surface area (Å²) in [7, 11) is 0. The van der Waals surface area contributed by atoms with Gasteiger partial charge in [0.15, 0.2) is 0 Å². The lowest BCUT2D eigenvalue weighted by Crippen LogP contribution is -1.72. The van der Waals surface area contributed by atoms with Gasteiger partial charge in [-0.05, 0) is 19.8 Å². The molecule has 0 aliphatic rings. The van der Waals surface area contributed by atoms with Crippen molar-refractivity contribution in [3.05, 3.63) is 23.8 Å². The fourth-order valence-corrected chi connectivity index (χ4v) is 0.752. The molecule has 0 spiro atoms. The Kier molecular flexibility index (Phi) is 6.53. The van der Waals surface area contributed by atoms with Crippen LogP contribution in [0.15, 0.2) is 23.8 Å². The molecule has 11 heavy (non-hydrogen) atoms. The Labute approximate surface area is 70.0 Å². The van der Waals surface area contributed by atoms with Crippen LogP contribution in [0, 0.1) is 12.3 Å². The minimum Gasteiger partial charge on any atom is -0.120 e. The summed E-state index contributed by atoms with van der Waals surface area (Å²) in [5.41, 5.74) is 1.35. The Morgan fingerprint density at radius 2 is 2.18 bits per heavy atom. The summed E-state index contributed by atoms with van der Waals surface area (Å²) in [6.45, 7) is 4.24. The molecule has 60 valence electrons. The summed E-state index contributed by atoms with van der Waals surface area (Å²) in [6, 6.07) is 0. The van der Waals surface area contributed by atoms with E-state index in [9.17, 15) is 0 Å². The maximum absolute atomic E-state index is 5.12. The largest absolute Gasteiger partial charge is 0.120 e. The van der Waals surface area contributed by atoms with Crippen molar-refractivity contribution in [2.24, 2.45) is 0 Å². The molecule has 0 heteroatoms. The highest BCUT2D eigenvalue weighted by Crippen LogP contribution is 2.02. The van der Waals surface area contributed by atoms with E-state index in [0.29, 0.717) is 0 Å². The Morgan fingerprint density at radius 1 is 1.45 bits per heavy atom. The number of rotatable bonds is 4. The highest BCUT2D eigenvalue weighted by atomic mass is 13.9. The van der Waals surface area contributed by atoms with Gasteiger partial charge in [-0.25, -0.2) is 0 Å². The third kappa shape index (κ3) is 6.93. The van der Waals surface area contributed by atoms with Crippen LogP contribution in [0.1, 0.15) is 33.1 Å². The molecule has 0 heterocycles. The molecule has 0 aromatic rings. The second-order valence-corrected chi connectivity index (χ2v) is 2.54. The first-order valence-corrected chi connectivity index (χ1v) is 4.05. The molecule has 0 unspecified atom stereocenters. The van der Waals surface area contributed by atoms with E-state index in [-0.39, 0.29) is 0 Å². The van der Waals surface area contributed by atoms with E-state index in [0.717, 1.165) is 19.3 Å². The lowest BCUT2D eigenvalue weighted by molar-refractivity contribution is 1.14. The van der Waals surface area contributed by atoms with E-state index in [1.165, 1.54) is 5.57 Å². The van der Waals surface area contributed by atoms with E-state index in [1.807, 2.05) is 0 Å². The van der Waals surface area contributed by atoms with Gasteiger partial charge in [-0.1, -0.05) is 30.7 Å².